The summed E-state index contributed by atoms with van der Waals surface area (Å²) >= 11 is 0. The van der Waals surface area contributed by atoms with Gasteiger partial charge in [-0.25, -0.2) is 0 Å². The summed E-state index contributed by atoms with van der Waals surface area (Å²) in [6.07, 6.45) is 7.63. The molecular weight excluding hydrogens is 260 g/mol. The van der Waals surface area contributed by atoms with E-state index < -0.39 is 0 Å². The summed E-state index contributed by atoms with van der Waals surface area (Å²) in [4.78, 5) is 0. The van der Waals surface area contributed by atoms with Crippen molar-refractivity contribution in [3.8, 4) is 5.75 Å². The van der Waals surface area contributed by atoms with Crippen LogP contribution in [-0.2, 0) is 0 Å². The van der Waals surface area contributed by atoms with Crippen LogP contribution in [0.4, 0.5) is 0 Å². The van der Waals surface area contributed by atoms with Crippen molar-refractivity contribution in [2.24, 2.45) is 17.7 Å². The van der Waals surface area contributed by atoms with Gasteiger partial charge in [-0.2, -0.15) is 0 Å². The summed E-state index contributed by atoms with van der Waals surface area (Å²) in [6.45, 7) is 5.12. The van der Waals surface area contributed by atoms with Crippen LogP contribution in [0.3, 0.4) is 0 Å². The van der Waals surface area contributed by atoms with Crippen LogP contribution in [-0.4, -0.2) is 12.6 Å². The quantitative estimate of drug-likeness (QED) is 0.593. The first-order valence-electron chi connectivity index (χ1n) is 8.40. The van der Waals surface area contributed by atoms with Crippen molar-refractivity contribution in [1.29, 1.82) is 0 Å². The van der Waals surface area contributed by atoms with Crippen molar-refractivity contribution in [3.63, 3.8) is 0 Å². The van der Waals surface area contributed by atoms with Gasteiger partial charge in [-0.05, 0) is 49.3 Å². The third kappa shape index (κ3) is 4.72. The Morgan fingerprint density at radius 3 is 2.86 bits per heavy atom. The van der Waals surface area contributed by atoms with Crippen molar-refractivity contribution < 1.29 is 4.74 Å². The predicted molar refractivity (Wildman–Crippen MR) is 88.1 cm³/mol. The second kappa shape index (κ2) is 8.40. The van der Waals surface area contributed by atoms with Gasteiger partial charge in [-0.1, -0.05) is 44.7 Å². The molecule has 0 saturated heterocycles. The minimum absolute atomic E-state index is 0.375. The molecule has 1 saturated carbocycles. The van der Waals surface area contributed by atoms with Crippen LogP contribution in [0, 0.1) is 18.8 Å². The molecule has 3 nitrogen and oxygen atoms in total. The maximum Gasteiger partial charge on any atom is 0.119 e. The summed E-state index contributed by atoms with van der Waals surface area (Å²) in [5.41, 5.74) is 4.29. The van der Waals surface area contributed by atoms with Gasteiger partial charge in [-0.3, -0.25) is 11.3 Å². The number of hydrogen-bond donors (Lipinski definition) is 2. The molecule has 1 aromatic rings. The molecule has 0 aromatic heterocycles. The highest BCUT2D eigenvalue weighted by molar-refractivity contribution is 5.27. The SMILES string of the molecule is CCC1CCCCC1C(CCOc1cccc(C)c1)NN. The maximum atomic E-state index is 5.88. The molecule has 0 heterocycles. The molecule has 0 radical (unpaired) electrons. The average molecular weight is 290 g/mol. The molecule has 3 atom stereocenters. The molecule has 118 valence electrons. The number of nitrogens with two attached hydrogens (primary N) is 1. The highest BCUT2D eigenvalue weighted by Crippen LogP contribution is 2.35. The Morgan fingerprint density at radius 1 is 1.33 bits per heavy atom. The molecule has 3 N–H and O–H groups in total. The Labute approximate surface area is 129 Å². The van der Waals surface area contributed by atoms with Crippen molar-refractivity contribution in [1.82, 2.24) is 5.43 Å². The van der Waals surface area contributed by atoms with Gasteiger partial charge in [0.1, 0.15) is 5.75 Å². The van der Waals surface area contributed by atoms with Gasteiger partial charge in [0.2, 0.25) is 0 Å². The van der Waals surface area contributed by atoms with Crippen molar-refractivity contribution in [2.75, 3.05) is 6.61 Å². The smallest absolute Gasteiger partial charge is 0.119 e. The highest BCUT2D eigenvalue weighted by atomic mass is 16.5. The molecule has 0 bridgehead atoms. The van der Waals surface area contributed by atoms with Crippen LogP contribution in [0.15, 0.2) is 24.3 Å². The van der Waals surface area contributed by atoms with Gasteiger partial charge >= 0.3 is 0 Å². The number of rotatable bonds is 7. The Hall–Kier alpha value is -1.06. The number of benzene rings is 1. The molecule has 3 unspecified atom stereocenters. The number of hydrazine groups is 1. The Kier molecular flexibility index (Phi) is 6.52. The fraction of sp³-hybridized carbons (Fsp3) is 0.667. The van der Waals surface area contributed by atoms with E-state index in [-0.39, 0.29) is 0 Å². The summed E-state index contributed by atoms with van der Waals surface area (Å²) in [6, 6.07) is 8.61. The lowest BCUT2D eigenvalue weighted by Gasteiger charge is -2.36. The third-order valence-electron chi connectivity index (χ3n) is 4.91. The van der Waals surface area contributed by atoms with Gasteiger partial charge in [0.25, 0.3) is 0 Å². The van der Waals surface area contributed by atoms with E-state index in [0.29, 0.717) is 12.0 Å². The molecule has 1 aromatic carbocycles. The van der Waals surface area contributed by atoms with Gasteiger partial charge in [0, 0.05) is 6.04 Å². The minimum atomic E-state index is 0.375. The standard InChI is InChI=1S/C18H30N2O/c1-3-15-8-4-5-10-17(15)18(20-19)11-12-21-16-9-6-7-14(2)13-16/h6-7,9,13,15,17-18,20H,3-5,8,10-12,19H2,1-2H3. The summed E-state index contributed by atoms with van der Waals surface area (Å²) in [7, 11) is 0. The van der Waals surface area contributed by atoms with E-state index in [4.69, 9.17) is 10.6 Å². The van der Waals surface area contributed by atoms with E-state index in [1.165, 1.54) is 37.7 Å². The van der Waals surface area contributed by atoms with Crippen molar-refractivity contribution in [2.45, 2.75) is 58.4 Å². The second-order valence-electron chi connectivity index (χ2n) is 6.34. The Morgan fingerprint density at radius 2 is 2.14 bits per heavy atom. The molecule has 0 amide bonds. The zero-order valence-electron chi connectivity index (χ0n) is 13.5. The molecule has 1 fully saturated rings. The van der Waals surface area contributed by atoms with Gasteiger partial charge in [0.05, 0.1) is 6.61 Å². The maximum absolute atomic E-state index is 5.88. The van der Waals surface area contributed by atoms with E-state index >= 15 is 0 Å². The van der Waals surface area contributed by atoms with Crippen LogP contribution in [0.5, 0.6) is 5.75 Å². The largest absolute Gasteiger partial charge is 0.494 e. The van der Waals surface area contributed by atoms with Gasteiger partial charge < -0.3 is 4.74 Å². The number of hydrogen-bond acceptors (Lipinski definition) is 3. The van der Waals surface area contributed by atoms with Gasteiger partial charge in [-0.15, -0.1) is 0 Å². The van der Waals surface area contributed by atoms with Crippen LogP contribution in [0.25, 0.3) is 0 Å². The lowest BCUT2D eigenvalue weighted by molar-refractivity contribution is 0.154. The van der Waals surface area contributed by atoms with E-state index in [1.54, 1.807) is 0 Å². The van der Waals surface area contributed by atoms with E-state index in [9.17, 15) is 0 Å². The van der Waals surface area contributed by atoms with Crippen LogP contribution in [0.1, 0.15) is 51.0 Å². The van der Waals surface area contributed by atoms with Crippen LogP contribution < -0.4 is 16.0 Å². The first-order chi connectivity index (χ1) is 10.2. The average Bonchev–Trinajstić information content (AvgIpc) is 2.52. The van der Waals surface area contributed by atoms with Gasteiger partial charge in [0.15, 0.2) is 0 Å². The van der Waals surface area contributed by atoms with E-state index in [2.05, 4.69) is 31.4 Å². The first kappa shape index (κ1) is 16.3. The molecule has 0 spiro atoms. The Bertz CT molecular complexity index is 421. The molecule has 3 heteroatoms. The van der Waals surface area contributed by atoms with Crippen LogP contribution in [0.2, 0.25) is 0 Å². The minimum Gasteiger partial charge on any atom is -0.494 e. The fourth-order valence-electron chi connectivity index (χ4n) is 3.70. The predicted octanol–water partition coefficient (Wildman–Crippen LogP) is 3.81. The lowest BCUT2D eigenvalue weighted by Crippen LogP contribution is -2.45. The summed E-state index contributed by atoms with van der Waals surface area (Å²) in [5, 5.41) is 0. The molecular formula is C18H30N2O. The molecule has 21 heavy (non-hydrogen) atoms. The second-order valence-corrected chi connectivity index (χ2v) is 6.34. The number of ether oxygens (including phenoxy) is 1. The number of aryl methyl sites for hydroxylation is 1. The molecule has 0 aliphatic heterocycles. The van der Waals surface area contributed by atoms with E-state index in [0.717, 1.165) is 24.7 Å². The zero-order valence-corrected chi connectivity index (χ0v) is 13.5. The zero-order chi connectivity index (χ0) is 15.1. The fourth-order valence-corrected chi connectivity index (χ4v) is 3.70. The molecule has 1 aliphatic carbocycles. The van der Waals surface area contributed by atoms with Crippen molar-refractivity contribution >= 4 is 0 Å². The topological polar surface area (TPSA) is 47.3 Å². The first-order valence-corrected chi connectivity index (χ1v) is 8.40. The van der Waals surface area contributed by atoms with E-state index in [1.807, 2.05) is 12.1 Å². The Balaban J connectivity index is 1.84. The highest BCUT2D eigenvalue weighted by Gasteiger charge is 2.30. The number of nitrogens with one attached hydrogen (secondary N) is 1. The summed E-state index contributed by atoms with van der Waals surface area (Å²) < 4.78 is 5.88. The lowest BCUT2D eigenvalue weighted by atomic mass is 9.73. The van der Waals surface area contributed by atoms with Crippen molar-refractivity contribution in [3.05, 3.63) is 29.8 Å². The molecule has 1 aliphatic rings. The monoisotopic (exact) mass is 290 g/mol. The summed E-state index contributed by atoms with van der Waals surface area (Å²) in [5.74, 6) is 8.30. The normalized spacial score (nSPS) is 23.8. The molecule has 2 rings (SSSR count). The van der Waals surface area contributed by atoms with Crippen LogP contribution >= 0.6 is 0 Å². The third-order valence-corrected chi connectivity index (χ3v) is 4.91.